The summed E-state index contributed by atoms with van der Waals surface area (Å²) in [4.78, 5) is 25.6. The minimum absolute atomic E-state index is 0.0589. The number of aliphatic hydroxyl groups excluding tert-OH is 1. The zero-order chi connectivity index (χ0) is 26.9. The van der Waals surface area contributed by atoms with E-state index in [1.165, 1.54) is 12.2 Å². The Morgan fingerprint density at radius 2 is 1.92 bits per heavy atom. The number of carbonyl (C=O) groups excluding carboxylic acids is 2. The van der Waals surface area contributed by atoms with Gasteiger partial charge >= 0.3 is 0 Å². The number of allylic oxidation sites excluding steroid dienone is 4. The maximum absolute atomic E-state index is 17.3. The van der Waals surface area contributed by atoms with E-state index in [0.717, 1.165) is 17.8 Å². The first kappa shape index (κ1) is 27.4. The highest BCUT2D eigenvalue weighted by Crippen LogP contribution is 2.72. The number of aliphatic hydroxyl groups is 1. The molecule has 1 aliphatic heterocycles. The Balaban J connectivity index is 0.00000148. The largest absolute Gasteiger partial charge is 0.390 e. The summed E-state index contributed by atoms with van der Waals surface area (Å²) in [6, 6.07) is 1.95. The fourth-order valence-corrected chi connectivity index (χ4v) is 8.67. The first-order chi connectivity index (χ1) is 16.8. The van der Waals surface area contributed by atoms with E-state index in [-0.39, 0.29) is 35.7 Å². The van der Waals surface area contributed by atoms with Crippen LogP contribution in [0.3, 0.4) is 0 Å². The third kappa shape index (κ3) is 3.30. The molecule has 0 unspecified atom stereocenters. The number of halogens is 2. The molecule has 198 valence electrons. The van der Waals surface area contributed by atoms with E-state index in [4.69, 9.17) is 14.7 Å². The second-order valence-corrected chi connectivity index (χ2v) is 12.1. The summed E-state index contributed by atoms with van der Waals surface area (Å²) in [5.74, 6) is -3.00. The molecule has 0 aromatic rings. The molecular formula is C27H35F2NO5S. The summed E-state index contributed by atoms with van der Waals surface area (Å²) >= 11 is 0.832. The van der Waals surface area contributed by atoms with Crippen LogP contribution in [-0.4, -0.2) is 57.2 Å². The van der Waals surface area contributed by atoms with Crippen molar-refractivity contribution in [3.8, 4) is 6.07 Å². The highest BCUT2D eigenvalue weighted by molar-refractivity contribution is 8.14. The smallest absolute Gasteiger partial charge is 0.225 e. The summed E-state index contributed by atoms with van der Waals surface area (Å²) in [7, 11) is 0. The van der Waals surface area contributed by atoms with Crippen molar-refractivity contribution < 1.29 is 33.0 Å². The lowest BCUT2D eigenvalue weighted by molar-refractivity contribution is -0.246. The van der Waals surface area contributed by atoms with Gasteiger partial charge < -0.3 is 14.6 Å². The summed E-state index contributed by atoms with van der Waals surface area (Å²) in [6.07, 6.45) is -0.0423. The van der Waals surface area contributed by atoms with Gasteiger partial charge in [-0.15, -0.1) is 0 Å². The molecule has 0 radical (unpaired) electrons. The zero-order valence-corrected chi connectivity index (χ0v) is 22.5. The van der Waals surface area contributed by atoms with Crippen LogP contribution >= 0.6 is 11.8 Å². The molecule has 0 aromatic heterocycles. The second-order valence-electron chi connectivity index (χ2n) is 11.2. The number of hydrogen-bond donors (Lipinski definition) is 1. The molecule has 0 bridgehead atoms. The lowest BCUT2D eigenvalue weighted by atomic mass is 9.44. The van der Waals surface area contributed by atoms with E-state index in [9.17, 15) is 14.7 Å². The van der Waals surface area contributed by atoms with Crippen LogP contribution in [0.25, 0.3) is 0 Å². The minimum atomic E-state index is -2.24. The van der Waals surface area contributed by atoms with Gasteiger partial charge in [-0.1, -0.05) is 38.6 Å². The highest BCUT2D eigenvalue weighted by atomic mass is 32.2. The third-order valence-corrected chi connectivity index (χ3v) is 10.0. The molecule has 9 heteroatoms. The van der Waals surface area contributed by atoms with Crippen LogP contribution in [-0.2, 0) is 19.1 Å². The molecule has 5 aliphatic rings. The van der Waals surface area contributed by atoms with Crippen LogP contribution in [0.15, 0.2) is 23.8 Å². The van der Waals surface area contributed by atoms with Crippen LogP contribution in [0.5, 0.6) is 0 Å². The molecule has 4 aliphatic carbocycles. The Morgan fingerprint density at radius 1 is 1.25 bits per heavy atom. The predicted molar refractivity (Wildman–Crippen MR) is 131 cm³/mol. The Hall–Kier alpha value is -1.60. The molecule has 1 heterocycles. The maximum Gasteiger partial charge on any atom is 0.225 e. The van der Waals surface area contributed by atoms with Crippen molar-refractivity contribution in [3.63, 3.8) is 0 Å². The van der Waals surface area contributed by atoms with E-state index in [1.807, 2.05) is 19.9 Å². The molecule has 1 saturated heterocycles. The quantitative estimate of drug-likeness (QED) is 0.564. The Labute approximate surface area is 215 Å². The van der Waals surface area contributed by atoms with Crippen molar-refractivity contribution in [1.82, 2.24) is 0 Å². The van der Waals surface area contributed by atoms with Gasteiger partial charge in [0.15, 0.2) is 22.8 Å². The lowest BCUT2D eigenvalue weighted by Crippen LogP contribution is -2.70. The molecule has 36 heavy (non-hydrogen) atoms. The average molecular weight is 524 g/mol. The Morgan fingerprint density at radius 3 is 2.56 bits per heavy atom. The van der Waals surface area contributed by atoms with Crippen molar-refractivity contribution in [2.45, 2.75) is 96.2 Å². The van der Waals surface area contributed by atoms with Gasteiger partial charge in [0.25, 0.3) is 0 Å². The van der Waals surface area contributed by atoms with Crippen LogP contribution in [0, 0.1) is 34.0 Å². The van der Waals surface area contributed by atoms with Gasteiger partial charge in [0.2, 0.25) is 5.12 Å². The lowest BCUT2D eigenvalue weighted by Gasteiger charge is -2.63. The molecular weight excluding hydrogens is 488 g/mol. The SMILES string of the molecule is CC.CC1(C)O[C@@H]2C[C@H]3[C@@H]4C[C@H](F)C5=CC(=O)C=C[C@]5(C)[C@@]4(F)[C@@H](O)C[C@]3(C)[C@]2(C(=O)SCC#N)O1. The van der Waals surface area contributed by atoms with E-state index < -0.39 is 63.9 Å². The van der Waals surface area contributed by atoms with Crippen LogP contribution in [0.4, 0.5) is 8.78 Å². The van der Waals surface area contributed by atoms with Crippen molar-refractivity contribution in [2.24, 2.45) is 22.7 Å². The first-order valence-electron chi connectivity index (χ1n) is 12.7. The number of nitrogens with zero attached hydrogens (tertiary/aromatic N) is 1. The van der Waals surface area contributed by atoms with Gasteiger partial charge in [0.05, 0.1) is 24.0 Å². The van der Waals surface area contributed by atoms with Crippen molar-refractivity contribution in [2.75, 3.05) is 5.75 Å². The predicted octanol–water partition coefficient (Wildman–Crippen LogP) is 4.61. The van der Waals surface area contributed by atoms with E-state index >= 15 is 8.78 Å². The van der Waals surface area contributed by atoms with Gasteiger partial charge in [0.1, 0.15) is 6.17 Å². The summed E-state index contributed by atoms with van der Waals surface area (Å²) < 4.78 is 45.3. The highest BCUT2D eigenvalue weighted by Gasteiger charge is 2.80. The molecule has 0 amide bonds. The van der Waals surface area contributed by atoms with Gasteiger partial charge in [-0.25, -0.2) is 8.78 Å². The van der Waals surface area contributed by atoms with Gasteiger partial charge in [-0.3, -0.25) is 9.59 Å². The van der Waals surface area contributed by atoms with Gasteiger partial charge in [0, 0.05) is 16.7 Å². The van der Waals surface area contributed by atoms with Crippen molar-refractivity contribution in [3.05, 3.63) is 23.8 Å². The molecule has 0 spiro atoms. The third-order valence-electron chi connectivity index (χ3n) is 9.19. The maximum atomic E-state index is 17.3. The normalized spacial score (nSPS) is 47.8. The number of fused-ring (bicyclic) bond motifs is 7. The second kappa shape index (κ2) is 8.72. The average Bonchev–Trinajstić information content (AvgIpc) is 3.23. The molecule has 4 fully saturated rings. The van der Waals surface area contributed by atoms with Crippen molar-refractivity contribution in [1.29, 1.82) is 5.26 Å². The van der Waals surface area contributed by atoms with E-state index in [2.05, 4.69) is 0 Å². The summed E-state index contributed by atoms with van der Waals surface area (Å²) in [6.45, 7) is 10.7. The zero-order valence-electron chi connectivity index (χ0n) is 21.6. The molecule has 9 atom stereocenters. The van der Waals surface area contributed by atoms with E-state index in [1.54, 1.807) is 27.7 Å². The number of alkyl halides is 2. The molecule has 1 N–H and O–H groups in total. The minimum Gasteiger partial charge on any atom is -0.390 e. The van der Waals surface area contributed by atoms with Crippen molar-refractivity contribution >= 4 is 22.7 Å². The van der Waals surface area contributed by atoms with E-state index in [0.29, 0.717) is 0 Å². The molecule has 3 saturated carbocycles. The van der Waals surface area contributed by atoms with Gasteiger partial charge in [-0.05, 0) is 63.7 Å². The van der Waals surface area contributed by atoms with Crippen LogP contribution in [0.1, 0.15) is 60.8 Å². The standard InChI is InChI=1S/C25H29F2NO5S.C2H6/c1-21(2)32-19-11-14-15-10-17(26)16-9-13(29)5-6-22(16,3)24(15,27)18(30)12-23(14,4)25(19,33-21)20(31)34-8-7-28;1-2/h5-6,9,14-15,17-19,30H,8,10-12H2,1-4H3;1-2H3/t14-,15-,17-,18-,19+,22-,23-,24-,25-;/m0./s1. The Bertz CT molecular complexity index is 1070. The topological polar surface area (TPSA) is 96.6 Å². The summed E-state index contributed by atoms with van der Waals surface area (Å²) in [5, 5.41) is 20.1. The molecule has 6 nitrogen and oxygen atoms in total. The van der Waals surface area contributed by atoms with Crippen LogP contribution in [0.2, 0.25) is 0 Å². The number of ether oxygens (including phenoxy) is 2. The summed E-state index contributed by atoms with van der Waals surface area (Å²) in [5.41, 5.74) is -6.21. The number of rotatable bonds is 2. The Kier molecular flexibility index (Phi) is 6.65. The number of ketones is 1. The van der Waals surface area contributed by atoms with Crippen LogP contribution < -0.4 is 0 Å². The monoisotopic (exact) mass is 523 g/mol. The number of carbonyl (C=O) groups is 2. The fraction of sp³-hybridized carbons (Fsp3) is 0.741. The first-order valence-corrected chi connectivity index (χ1v) is 13.6. The molecule has 0 aromatic carbocycles. The number of nitriles is 1. The number of hydrogen-bond acceptors (Lipinski definition) is 7. The fourth-order valence-electron chi connectivity index (χ4n) is 7.86. The number of thioether (sulfide) groups is 1. The molecule has 5 rings (SSSR count). The van der Waals surface area contributed by atoms with Gasteiger partial charge in [-0.2, -0.15) is 5.26 Å².